The van der Waals surface area contributed by atoms with E-state index in [2.05, 4.69) is 13.8 Å². The maximum absolute atomic E-state index is 12.0. The van der Waals surface area contributed by atoms with Crippen LogP contribution in [-0.4, -0.2) is 18.9 Å². The van der Waals surface area contributed by atoms with Gasteiger partial charge in [0.05, 0.1) is 10.8 Å². The molecular formula is C15H26O3. The molecule has 18 heavy (non-hydrogen) atoms. The molecule has 1 saturated heterocycles. The van der Waals surface area contributed by atoms with E-state index in [0.717, 1.165) is 12.7 Å². The average molecular weight is 254 g/mol. The van der Waals surface area contributed by atoms with Crippen molar-refractivity contribution in [2.75, 3.05) is 6.61 Å². The van der Waals surface area contributed by atoms with Crippen LogP contribution in [0.4, 0.5) is 0 Å². The van der Waals surface area contributed by atoms with Crippen molar-refractivity contribution >= 4 is 12.3 Å². The molecule has 2 atom stereocenters. The van der Waals surface area contributed by atoms with Gasteiger partial charge in [-0.3, -0.25) is 4.79 Å². The number of carbonyl (C=O) groups excluding carboxylic acids is 2. The van der Waals surface area contributed by atoms with Crippen molar-refractivity contribution in [2.45, 2.75) is 54.4 Å². The Morgan fingerprint density at radius 1 is 1.39 bits per heavy atom. The summed E-state index contributed by atoms with van der Waals surface area (Å²) in [5, 5.41) is 0. The molecule has 0 bridgehead atoms. The van der Waals surface area contributed by atoms with E-state index in [1.807, 2.05) is 27.7 Å². The zero-order valence-corrected chi connectivity index (χ0v) is 12.5. The second-order valence-corrected chi connectivity index (χ2v) is 7.44. The zero-order chi connectivity index (χ0) is 14.2. The van der Waals surface area contributed by atoms with E-state index in [-0.39, 0.29) is 18.0 Å². The predicted octanol–water partition coefficient (Wildman–Crippen LogP) is 3.22. The Morgan fingerprint density at radius 3 is 2.33 bits per heavy atom. The zero-order valence-electron chi connectivity index (χ0n) is 12.5. The van der Waals surface area contributed by atoms with Crippen molar-refractivity contribution in [3.8, 4) is 0 Å². The quantitative estimate of drug-likeness (QED) is 0.573. The fourth-order valence-corrected chi connectivity index (χ4v) is 2.98. The molecule has 3 heteroatoms. The van der Waals surface area contributed by atoms with Crippen molar-refractivity contribution in [2.24, 2.45) is 22.2 Å². The number of hydrogen-bond donors (Lipinski definition) is 0. The van der Waals surface area contributed by atoms with E-state index in [1.54, 1.807) is 0 Å². The van der Waals surface area contributed by atoms with Crippen molar-refractivity contribution in [3.63, 3.8) is 0 Å². The Morgan fingerprint density at radius 2 is 1.94 bits per heavy atom. The summed E-state index contributed by atoms with van der Waals surface area (Å²) < 4.78 is 5.36. The molecule has 0 spiro atoms. The molecule has 1 fully saturated rings. The maximum atomic E-state index is 12.0. The minimum absolute atomic E-state index is 0.155. The largest absolute Gasteiger partial charge is 0.464 e. The molecule has 1 aliphatic rings. The van der Waals surface area contributed by atoms with Crippen molar-refractivity contribution < 1.29 is 14.3 Å². The molecule has 1 rings (SSSR count). The van der Waals surface area contributed by atoms with Gasteiger partial charge in [-0.25, -0.2) is 0 Å². The van der Waals surface area contributed by atoms with Gasteiger partial charge in [0.15, 0.2) is 0 Å². The van der Waals surface area contributed by atoms with Gasteiger partial charge in [-0.05, 0) is 31.1 Å². The number of hydrogen-bond acceptors (Lipinski definition) is 3. The van der Waals surface area contributed by atoms with Crippen LogP contribution in [0.15, 0.2) is 0 Å². The highest BCUT2D eigenvalue weighted by Crippen LogP contribution is 2.51. The molecule has 3 nitrogen and oxygen atoms in total. The molecule has 0 aromatic heterocycles. The third kappa shape index (κ3) is 2.60. The number of carbonyl (C=O) groups is 2. The smallest absolute Gasteiger partial charge is 0.311 e. The van der Waals surface area contributed by atoms with Gasteiger partial charge in [0.25, 0.3) is 0 Å². The highest BCUT2D eigenvalue weighted by atomic mass is 16.5. The minimum atomic E-state index is -0.565. The van der Waals surface area contributed by atoms with Crippen LogP contribution in [0.25, 0.3) is 0 Å². The lowest BCUT2D eigenvalue weighted by molar-refractivity contribution is -0.182. The first kappa shape index (κ1) is 15.2. The molecule has 0 amide bonds. The monoisotopic (exact) mass is 254 g/mol. The van der Waals surface area contributed by atoms with E-state index in [0.29, 0.717) is 12.3 Å². The summed E-state index contributed by atoms with van der Waals surface area (Å²) in [6, 6.07) is 0. The Balaban J connectivity index is 3.09. The SMILES string of the molecule is CC(C)CC1(C)CC(C=O)(C(C)(C)C)COC1=O. The van der Waals surface area contributed by atoms with E-state index in [9.17, 15) is 9.59 Å². The Labute approximate surface area is 110 Å². The number of aldehydes is 1. The number of esters is 1. The van der Waals surface area contributed by atoms with Crippen LogP contribution in [0.3, 0.4) is 0 Å². The molecular weight excluding hydrogens is 228 g/mol. The lowest BCUT2D eigenvalue weighted by Gasteiger charge is -2.48. The number of ether oxygens (including phenoxy) is 1. The summed E-state index contributed by atoms with van der Waals surface area (Å²) in [7, 11) is 0. The average Bonchev–Trinajstić information content (AvgIpc) is 2.19. The van der Waals surface area contributed by atoms with Crippen LogP contribution in [0.2, 0.25) is 0 Å². The van der Waals surface area contributed by atoms with Gasteiger partial charge in [0.2, 0.25) is 0 Å². The molecule has 0 radical (unpaired) electrons. The Hall–Kier alpha value is -0.860. The summed E-state index contributed by atoms with van der Waals surface area (Å²) in [4.78, 5) is 23.7. The second kappa shape index (κ2) is 4.67. The fourth-order valence-electron chi connectivity index (χ4n) is 2.98. The standard InChI is InChI=1S/C15H26O3/c1-11(2)7-14(6)8-15(9-16,13(3,4)5)10-18-12(14)17/h9,11H,7-8,10H2,1-6H3. The Kier molecular flexibility index (Phi) is 3.94. The van der Waals surface area contributed by atoms with Crippen molar-refractivity contribution in [1.29, 1.82) is 0 Å². The van der Waals surface area contributed by atoms with Gasteiger partial charge in [-0.15, -0.1) is 0 Å². The van der Waals surface area contributed by atoms with Crippen LogP contribution in [-0.2, 0) is 14.3 Å². The first-order valence-corrected chi connectivity index (χ1v) is 6.70. The summed E-state index contributed by atoms with van der Waals surface area (Å²) in [6.07, 6.45) is 2.35. The molecule has 0 aromatic carbocycles. The van der Waals surface area contributed by atoms with Gasteiger partial charge < -0.3 is 9.53 Å². The third-order valence-corrected chi connectivity index (χ3v) is 4.24. The minimum Gasteiger partial charge on any atom is -0.464 e. The molecule has 0 saturated carbocycles. The van der Waals surface area contributed by atoms with Gasteiger partial charge in [0, 0.05) is 0 Å². The lowest BCUT2D eigenvalue weighted by Crippen LogP contribution is -2.53. The first-order chi connectivity index (χ1) is 8.06. The highest BCUT2D eigenvalue weighted by molar-refractivity contribution is 5.79. The molecule has 1 aliphatic heterocycles. The summed E-state index contributed by atoms with van der Waals surface area (Å²) in [5.74, 6) is 0.253. The normalized spacial score (nSPS) is 33.4. The van der Waals surface area contributed by atoms with Crippen molar-refractivity contribution in [3.05, 3.63) is 0 Å². The van der Waals surface area contributed by atoms with Crippen LogP contribution in [0.5, 0.6) is 0 Å². The molecule has 1 heterocycles. The lowest BCUT2D eigenvalue weighted by atomic mass is 9.58. The number of rotatable bonds is 3. The maximum Gasteiger partial charge on any atom is 0.311 e. The highest BCUT2D eigenvalue weighted by Gasteiger charge is 2.54. The van der Waals surface area contributed by atoms with E-state index < -0.39 is 10.8 Å². The summed E-state index contributed by atoms with van der Waals surface area (Å²) >= 11 is 0. The topological polar surface area (TPSA) is 43.4 Å². The fraction of sp³-hybridized carbons (Fsp3) is 0.867. The van der Waals surface area contributed by atoms with E-state index in [4.69, 9.17) is 4.74 Å². The molecule has 0 aromatic rings. The van der Waals surface area contributed by atoms with E-state index in [1.165, 1.54) is 0 Å². The molecule has 0 aliphatic carbocycles. The Bertz CT molecular complexity index is 340. The van der Waals surface area contributed by atoms with E-state index >= 15 is 0 Å². The summed E-state index contributed by atoms with van der Waals surface area (Å²) in [6.45, 7) is 12.4. The van der Waals surface area contributed by atoms with Gasteiger partial charge >= 0.3 is 5.97 Å². The predicted molar refractivity (Wildman–Crippen MR) is 71.1 cm³/mol. The van der Waals surface area contributed by atoms with Crippen LogP contribution < -0.4 is 0 Å². The second-order valence-electron chi connectivity index (χ2n) is 7.44. The van der Waals surface area contributed by atoms with Crippen LogP contribution in [0.1, 0.15) is 54.4 Å². The molecule has 2 unspecified atom stereocenters. The van der Waals surface area contributed by atoms with Gasteiger partial charge in [-0.1, -0.05) is 34.6 Å². The molecule has 104 valence electrons. The first-order valence-electron chi connectivity index (χ1n) is 6.70. The number of cyclic esters (lactones) is 1. The van der Waals surface area contributed by atoms with Gasteiger partial charge in [0.1, 0.15) is 12.9 Å². The molecule has 0 N–H and O–H groups in total. The van der Waals surface area contributed by atoms with Crippen LogP contribution in [0, 0.1) is 22.2 Å². The van der Waals surface area contributed by atoms with Crippen LogP contribution >= 0.6 is 0 Å². The third-order valence-electron chi connectivity index (χ3n) is 4.24. The van der Waals surface area contributed by atoms with Gasteiger partial charge in [-0.2, -0.15) is 0 Å². The van der Waals surface area contributed by atoms with Crippen molar-refractivity contribution in [1.82, 2.24) is 0 Å². The summed E-state index contributed by atoms with van der Waals surface area (Å²) in [5.41, 5.74) is -1.31.